The molecule has 0 aliphatic carbocycles. The van der Waals surface area contributed by atoms with Gasteiger partial charge in [0.25, 0.3) is 0 Å². The lowest BCUT2D eigenvalue weighted by molar-refractivity contribution is -0.143. The lowest BCUT2D eigenvalue weighted by Crippen LogP contribution is -2.44. The van der Waals surface area contributed by atoms with Gasteiger partial charge < -0.3 is 20.1 Å². The quantitative estimate of drug-likeness (QED) is 0.780. The van der Waals surface area contributed by atoms with E-state index in [1.165, 1.54) is 18.1 Å². The molecule has 2 amide bonds. The van der Waals surface area contributed by atoms with Crippen molar-refractivity contribution in [2.45, 2.75) is 12.8 Å². The molecule has 0 bridgehead atoms. The van der Waals surface area contributed by atoms with E-state index < -0.39 is 17.9 Å². The summed E-state index contributed by atoms with van der Waals surface area (Å²) >= 11 is 3.25. The second kappa shape index (κ2) is 7.45. The van der Waals surface area contributed by atoms with Gasteiger partial charge in [0.1, 0.15) is 0 Å². The summed E-state index contributed by atoms with van der Waals surface area (Å²) in [6.45, 7) is 0.692. The van der Waals surface area contributed by atoms with Gasteiger partial charge in [0.15, 0.2) is 0 Å². The Balaban J connectivity index is 2.08. The number of hydrogen-bond acceptors (Lipinski definition) is 4. The SMILES string of the molecule is COC(=O)c1cc(NC(=O)N2CCCC(C(=O)O)C2)ccc1Br. The summed E-state index contributed by atoms with van der Waals surface area (Å²) in [6, 6.07) is 4.41. The molecule has 1 aromatic rings. The maximum absolute atomic E-state index is 12.3. The van der Waals surface area contributed by atoms with E-state index in [2.05, 4.69) is 26.0 Å². The highest BCUT2D eigenvalue weighted by molar-refractivity contribution is 9.10. The van der Waals surface area contributed by atoms with Crippen molar-refractivity contribution in [1.29, 1.82) is 0 Å². The number of urea groups is 1. The number of carboxylic acid groups (broad SMARTS) is 1. The molecule has 1 aromatic carbocycles. The van der Waals surface area contributed by atoms with Crippen LogP contribution in [0.2, 0.25) is 0 Å². The van der Waals surface area contributed by atoms with Crippen LogP contribution in [0.25, 0.3) is 0 Å². The van der Waals surface area contributed by atoms with Crippen LogP contribution in [-0.2, 0) is 9.53 Å². The highest BCUT2D eigenvalue weighted by Crippen LogP contribution is 2.23. The molecule has 1 saturated heterocycles. The van der Waals surface area contributed by atoms with Crippen LogP contribution in [0.1, 0.15) is 23.2 Å². The molecule has 23 heavy (non-hydrogen) atoms. The van der Waals surface area contributed by atoms with Gasteiger partial charge in [0.05, 0.1) is 18.6 Å². The summed E-state index contributed by atoms with van der Waals surface area (Å²) in [6.07, 6.45) is 1.22. The Bertz CT molecular complexity index is 634. The van der Waals surface area contributed by atoms with Crippen LogP contribution in [0.5, 0.6) is 0 Å². The standard InChI is InChI=1S/C15H17BrN2O5/c1-23-14(21)11-7-10(4-5-12(11)16)17-15(22)18-6-2-3-9(8-18)13(19)20/h4-5,7,9H,2-3,6,8H2,1H3,(H,17,22)(H,19,20). The average Bonchev–Trinajstić information content (AvgIpc) is 2.55. The number of likely N-dealkylation sites (tertiary alicyclic amines) is 1. The van der Waals surface area contributed by atoms with Gasteiger partial charge in [0.2, 0.25) is 0 Å². The molecule has 0 radical (unpaired) electrons. The number of rotatable bonds is 3. The average molecular weight is 385 g/mol. The molecule has 1 aliphatic rings. The number of ether oxygens (including phenoxy) is 1. The van der Waals surface area contributed by atoms with Crippen molar-refractivity contribution in [3.63, 3.8) is 0 Å². The zero-order valence-corrected chi connectivity index (χ0v) is 14.1. The monoisotopic (exact) mass is 384 g/mol. The Labute approximate surface area is 141 Å². The van der Waals surface area contributed by atoms with Crippen molar-refractivity contribution in [2.24, 2.45) is 5.92 Å². The molecule has 0 aromatic heterocycles. The Morgan fingerprint density at radius 2 is 2.13 bits per heavy atom. The number of esters is 1. The second-order valence-electron chi connectivity index (χ2n) is 5.24. The molecule has 2 rings (SSSR count). The molecular weight excluding hydrogens is 368 g/mol. The number of amides is 2. The van der Waals surface area contributed by atoms with Crippen molar-refractivity contribution in [1.82, 2.24) is 4.90 Å². The number of nitrogens with zero attached hydrogens (tertiary/aromatic N) is 1. The summed E-state index contributed by atoms with van der Waals surface area (Å²) < 4.78 is 5.24. The fourth-order valence-electron chi connectivity index (χ4n) is 2.44. The fourth-order valence-corrected chi connectivity index (χ4v) is 2.84. The van der Waals surface area contributed by atoms with Gasteiger partial charge >= 0.3 is 18.0 Å². The van der Waals surface area contributed by atoms with Crippen LogP contribution in [-0.4, -0.2) is 48.2 Å². The zero-order chi connectivity index (χ0) is 17.0. The molecule has 0 saturated carbocycles. The fraction of sp³-hybridized carbons (Fsp3) is 0.400. The maximum Gasteiger partial charge on any atom is 0.339 e. The van der Waals surface area contributed by atoms with Crippen LogP contribution in [0.3, 0.4) is 0 Å². The van der Waals surface area contributed by atoms with Crippen molar-refractivity contribution in [3.05, 3.63) is 28.2 Å². The Kier molecular flexibility index (Phi) is 5.59. The summed E-state index contributed by atoms with van der Waals surface area (Å²) in [4.78, 5) is 36.4. The number of hydrogen-bond donors (Lipinski definition) is 2. The van der Waals surface area contributed by atoms with E-state index in [-0.39, 0.29) is 12.6 Å². The molecule has 1 atom stereocenters. The highest BCUT2D eigenvalue weighted by atomic mass is 79.9. The number of nitrogens with one attached hydrogen (secondary N) is 1. The molecular formula is C15H17BrN2O5. The molecule has 1 unspecified atom stereocenters. The number of piperidine rings is 1. The number of halogens is 1. The summed E-state index contributed by atoms with van der Waals surface area (Å²) in [7, 11) is 1.28. The molecule has 1 heterocycles. The van der Waals surface area contributed by atoms with Crippen LogP contribution in [0.15, 0.2) is 22.7 Å². The van der Waals surface area contributed by atoms with Crippen LogP contribution in [0.4, 0.5) is 10.5 Å². The minimum absolute atomic E-state index is 0.182. The zero-order valence-electron chi connectivity index (χ0n) is 12.5. The van der Waals surface area contributed by atoms with Crippen molar-refractivity contribution < 1.29 is 24.2 Å². The Hall–Kier alpha value is -2.09. The van der Waals surface area contributed by atoms with E-state index in [1.54, 1.807) is 12.1 Å². The second-order valence-corrected chi connectivity index (χ2v) is 6.09. The van der Waals surface area contributed by atoms with E-state index in [0.29, 0.717) is 35.1 Å². The lowest BCUT2D eigenvalue weighted by atomic mass is 9.99. The molecule has 1 fully saturated rings. The Morgan fingerprint density at radius 1 is 1.39 bits per heavy atom. The van der Waals surface area contributed by atoms with E-state index in [1.807, 2.05) is 0 Å². The lowest BCUT2D eigenvalue weighted by Gasteiger charge is -2.30. The van der Waals surface area contributed by atoms with Gasteiger partial charge in [-0.15, -0.1) is 0 Å². The number of anilines is 1. The van der Waals surface area contributed by atoms with Gasteiger partial charge in [-0.3, -0.25) is 4.79 Å². The number of aliphatic carboxylic acids is 1. The predicted octanol–water partition coefficient (Wildman–Crippen LogP) is 2.56. The molecule has 124 valence electrons. The summed E-state index contributed by atoms with van der Waals surface area (Å²) in [5.41, 5.74) is 0.739. The minimum Gasteiger partial charge on any atom is -0.481 e. The van der Waals surface area contributed by atoms with Crippen LogP contribution >= 0.6 is 15.9 Å². The number of methoxy groups -OCH3 is 1. The molecule has 2 N–H and O–H groups in total. The summed E-state index contributed by atoms with van der Waals surface area (Å²) in [5, 5.41) is 11.8. The number of carbonyl (C=O) groups is 3. The molecule has 7 nitrogen and oxygen atoms in total. The minimum atomic E-state index is -0.890. The van der Waals surface area contributed by atoms with Crippen LogP contribution < -0.4 is 5.32 Å². The third kappa shape index (κ3) is 4.22. The molecule has 1 aliphatic heterocycles. The first-order chi connectivity index (χ1) is 10.9. The third-order valence-electron chi connectivity index (χ3n) is 3.68. The van der Waals surface area contributed by atoms with Gasteiger partial charge in [0, 0.05) is 23.2 Å². The van der Waals surface area contributed by atoms with Crippen molar-refractivity contribution in [3.8, 4) is 0 Å². The number of benzene rings is 1. The number of carboxylic acids is 1. The third-order valence-corrected chi connectivity index (χ3v) is 4.37. The van der Waals surface area contributed by atoms with E-state index in [4.69, 9.17) is 5.11 Å². The normalized spacial score (nSPS) is 17.5. The first-order valence-corrected chi connectivity index (χ1v) is 7.88. The van der Waals surface area contributed by atoms with Crippen molar-refractivity contribution in [2.75, 3.05) is 25.5 Å². The first-order valence-electron chi connectivity index (χ1n) is 7.09. The van der Waals surface area contributed by atoms with Gasteiger partial charge in [-0.2, -0.15) is 0 Å². The predicted molar refractivity (Wildman–Crippen MR) is 86.4 cm³/mol. The topological polar surface area (TPSA) is 95.9 Å². The largest absolute Gasteiger partial charge is 0.481 e. The first kappa shape index (κ1) is 17.3. The van der Waals surface area contributed by atoms with E-state index >= 15 is 0 Å². The molecule has 8 heteroatoms. The molecule has 0 spiro atoms. The van der Waals surface area contributed by atoms with Gasteiger partial charge in [-0.1, -0.05) is 0 Å². The van der Waals surface area contributed by atoms with Crippen molar-refractivity contribution >= 4 is 39.6 Å². The maximum atomic E-state index is 12.3. The highest BCUT2D eigenvalue weighted by Gasteiger charge is 2.28. The van der Waals surface area contributed by atoms with Gasteiger partial charge in [-0.05, 0) is 47.0 Å². The Morgan fingerprint density at radius 3 is 2.78 bits per heavy atom. The van der Waals surface area contributed by atoms with Crippen LogP contribution in [0, 0.1) is 5.92 Å². The van der Waals surface area contributed by atoms with E-state index in [0.717, 1.165) is 0 Å². The number of carbonyl (C=O) groups excluding carboxylic acids is 2. The smallest absolute Gasteiger partial charge is 0.339 e. The summed E-state index contributed by atoms with van der Waals surface area (Å²) in [5.74, 6) is -1.94. The van der Waals surface area contributed by atoms with Gasteiger partial charge in [-0.25, -0.2) is 9.59 Å². The van der Waals surface area contributed by atoms with E-state index in [9.17, 15) is 14.4 Å².